The third-order valence-electron chi connectivity index (χ3n) is 5.54. The summed E-state index contributed by atoms with van der Waals surface area (Å²) in [4.78, 5) is 24.3. The standard InChI is InChI=1S/C22H23FN6O2/c1-14-9-27(10-15(2)31-14)11-17-7-19-20(24-8-17)28(12-16-3-5-18(23)6-4-16)22(30)29-21(19)25-13-26-29/h3-8,13-15H,9-12H2,1-2H3/t14-,15+. The van der Waals surface area contributed by atoms with Gasteiger partial charge >= 0.3 is 5.69 Å². The Bertz CT molecular complexity index is 1290. The van der Waals surface area contributed by atoms with Crippen LogP contribution in [0.3, 0.4) is 0 Å². The quantitative estimate of drug-likeness (QED) is 0.502. The van der Waals surface area contributed by atoms with E-state index in [0.29, 0.717) is 11.3 Å². The zero-order chi connectivity index (χ0) is 21.5. The summed E-state index contributed by atoms with van der Waals surface area (Å²) in [6, 6.07) is 8.11. The van der Waals surface area contributed by atoms with Crippen molar-refractivity contribution in [3.63, 3.8) is 0 Å². The van der Waals surface area contributed by atoms with Crippen LogP contribution in [0.4, 0.5) is 4.39 Å². The molecule has 160 valence electrons. The van der Waals surface area contributed by atoms with E-state index in [2.05, 4.69) is 33.8 Å². The van der Waals surface area contributed by atoms with Crippen LogP contribution in [0.5, 0.6) is 0 Å². The zero-order valence-corrected chi connectivity index (χ0v) is 17.4. The Labute approximate surface area is 177 Å². The van der Waals surface area contributed by atoms with Crippen LogP contribution in [0, 0.1) is 5.82 Å². The van der Waals surface area contributed by atoms with Crippen molar-refractivity contribution in [2.45, 2.75) is 39.1 Å². The second-order valence-corrected chi connectivity index (χ2v) is 8.16. The molecule has 1 aliphatic heterocycles. The minimum Gasteiger partial charge on any atom is -0.373 e. The van der Waals surface area contributed by atoms with Gasteiger partial charge in [-0.1, -0.05) is 12.1 Å². The average molecular weight is 422 g/mol. The predicted octanol–water partition coefficient (Wildman–Crippen LogP) is 2.24. The SMILES string of the molecule is C[C@@H]1CN(Cc2cnc3c(c2)c2ncnn2c(=O)n3Cc2ccc(F)cc2)C[C@H](C)O1. The molecule has 31 heavy (non-hydrogen) atoms. The summed E-state index contributed by atoms with van der Waals surface area (Å²) in [5.74, 6) is -0.317. The third-order valence-corrected chi connectivity index (χ3v) is 5.54. The third kappa shape index (κ3) is 3.82. The Balaban J connectivity index is 1.57. The number of pyridine rings is 1. The van der Waals surface area contributed by atoms with E-state index in [-0.39, 0.29) is 30.3 Å². The van der Waals surface area contributed by atoms with Gasteiger partial charge in [-0.15, -0.1) is 0 Å². The molecule has 5 rings (SSSR count). The first-order valence-electron chi connectivity index (χ1n) is 10.3. The van der Waals surface area contributed by atoms with Gasteiger partial charge in [0.25, 0.3) is 0 Å². The Kier molecular flexibility index (Phi) is 4.99. The van der Waals surface area contributed by atoms with Crippen LogP contribution in [-0.4, -0.2) is 54.3 Å². The normalized spacial score (nSPS) is 20.0. The molecule has 0 spiro atoms. The van der Waals surface area contributed by atoms with Crippen molar-refractivity contribution >= 4 is 16.7 Å². The van der Waals surface area contributed by atoms with E-state index in [1.807, 2.05) is 6.07 Å². The highest BCUT2D eigenvalue weighted by molar-refractivity contribution is 5.89. The molecule has 0 aliphatic carbocycles. The maximum atomic E-state index is 13.3. The second kappa shape index (κ2) is 7.82. The van der Waals surface area contributed by atoms with Gasteiger partial charge in [-0.3, -0.25) is 9.47 Å². The number of morpholine rings is 1. The first kappa shape index (κ1) is 19.8. The minimum absolute atomic E-state index is 0.182. The molecule has 0 saturated carbocycles. The van der Waals surface area contributed by atoms with Crippen LogP contribution < -0.4 is 5.69 Å². The van der Waals surface area contributed by atoms with Gasteiger partial charge in [0, 0.05) is 25.8 Å². The first-order chi connectivity index (χ1) is 15.0. The van der Waals surface area contributed by atoms with Crippen molar-refractivity contribution in [1.29, 1.82) is 0 Å². The molecular weight excluding hydrogens is 399 g/mol. The van der Waals surface area contributed by atoms with Gasteiger partial charge in [-0.25, -0.2) is 19.2 Å². The van der Waals surface area contributed by atoms with Gasteiger partial charge in [-0.2, -0.15) is 9.61 Å². The number of fused-ring (bicyclic) bond motifs is 3. The molecule has 3 aromatic heterocycles. The number of halogens is 1. The maximum Gasteiger partial charge on any atom is 0.352 e. The van der Waals surface area contributed by atoms with E-state index in [1.165, 1.54) is 23.0 Å². The molecule has 4 heterocycles. The van der Waals surface area contributed by atoms with Gasteiger partial charge < -0.3 is 4.74 Å². The van der Waals surface area contributed by atoms with E-state index >= 15 is 0 Å². The smallest absolute Gasteiger partial charge is 0.352 e. The molecule has 4 aromatic rings. The molecule has 0 radical (unpaired) electrons. The lowest BCUT2D eigenvalue weighted by molar-refractivity contribution is -0.0705. The van der Waals surface area contributed by atoms with E-state index in [0.717, 1.165) is 36.1 Å². The molecule has 9 heteroatoms. The zero-order valence-electron chi connectivity index (χ0n) is 17.4. The topological polar surface area (TPSA) is 77.6 Å². The molecule has 0 bridgehead atoms. The fraction of sp³-hybridized carbons (Fsp3) is 0.364. The molecular formula is C22H23FN6O2. The highest BCUT2D eigenvalue weighted by Crippen LogP contribution is 2.20. The lowest BCUT2D eigenvalue weighted by Crippen LogP contribution is -2.44. The Morgan fingerprint density at radius 2 is 1.77 bits per heavy atom. The highest BCUT2D eigenvalue weighted by Gasteiger charge is 2.23. The Morgan fingerprint density at radius 1 is 1.03 bits per heavy atom. The fourth-order valence-electron chi connectivity index (χ4n) is 4.32. The lowest BCUT2D eigenvalue weighted by Gasteiger charge is -2.35. The first-order valence-corrected chi connectivity index (χ1v) is 10.3. The van der Waals surface area contributed by atoms with Gasteiger partial charge in [0.15, 0.2) is 5.65 Å². The monoisotopic (exact) mass is 422 g/mol. The van der Waals surface area contributed by atoms with Crippen LogP contribution >= 0.6 is 0 Å². The Hall–Kier alpha value is -3.17. The predicted molar refractivity (Wildman–Crippen MR) is 113 cm³/mol. The summed E-state index contributed by atoms with van der Waals surface area (Å²) in [5, 5.41) is 4.86. The van der Waals surface area contributed by atoms with Gasteiger partial charge in [0.1, 0.15) is 17.8 Å². The molecule has 0 unspecified atom stereocenters. The van der Waals surface area contributed by atoms with Gasteiger partial charge in [0.05, 0.1) is 24.1 Å². The number of ether oxygens (including phenoxy) is 1. The summed E-state index contributed by atoms with van der Waals surface area (Å²) >= 11 is 0. The fourth-order valence-corrected chi connectivity index (χ4v) is 4.32. The van der Waals surface area contributed by atoms with Gasteiger partial charge in [-0.05, 0) is 43.2 Å². The number of aromatic nitrogens is 5. The van der Waals surface area contributed by atoms with Crippen LogP contribution in [0.2, 0.25) is 0 Å². The van der Waals surface area contributed by atoms with E-state index in [4.69, 9.17) is 4.74 Å². The van der Waals surface area contributed by atoms with Crippen molar-refractivity contribution in [2.75, 3.05) is 13.1 Å². The van der Waals surface area contributed by atoms with Crippen molar-refractivity contribution < 1.29 is 9.13 Å². The number of benzene rings is 1. The van der Waals surface area contributed by atoms with Crippen LogP contribution in [0.1, 0.15) is 25.0 Å². The molecule has 1 fully saturated rings. The van der Waals surface area contributed by atoms with Crippen LogP contribution in [-0.2, 0) is 17.8 Å². The average Bonchev–Trinajstić information content (AvgIpc) is 3.22. The molecule has 2 atom stereocenters. The summed E-state index contributed by atoms with van der Waals surface area (Å²) in [5.41, 5.74) is 2.51. The largest absolute Gasteiger partial charge is 0.373 e. The van der Waals surface area contributed by atoms with Crippen molar-refractivity contribution in [2.24, 2.45) is 0 Å². The summed E-state index contributed by atoms with van der Waals surface area (Å²) in [7, 11) is 0. The molecule has 8 nitrogen and oxygen atoms in total. The lowest BCUT2D eigenvalue weighted by atomic mass is 10.1. The number of rotatable bonds is 4. The van der Waals surface area contributed by atoms with E-state index < -0.39 is 0 Å². The summed E-state index contributed by atoms with van der Waals surface area (Å²) in [6.45, 7) is 6.86. The van der Waals surface area contributed by atoms with Crippen molar-refractivity contribution in [1.82, 2.24) is 29.0 Å². The molecule has 0 N–H and O–H groups in total. The summed E-state index contributed by atoms with van der Waals surface area (Å²) in [6.07, 6.45) is 3.54. The minimum atomic E-state index is -0.333. The number of hydrogen-bond acceptors (Lipinski definition) is 6. The van der Waals surface area contributed by atoms with E-state index in [9.17, 15) is 9.18 Å². The maximum absolute atomic E-state index is 13.3. The van der Waals surface area contributed by atoms with Crippen LogP contribution in [0.15, 0.2) is 47.7 Å². The van der Waals surface area contributed by atoms with Crippen LogP contribution in [0.25, 0.3) is 16.7 Å². The number of nitrogens with zero attached hydrogens (tertiary/aromatic N) is 6. The van der Waals surface area contributed by atoms with Crippen molar-refractivity contribution in [3.8, 4) is 0 Å². The van der Waals surface area contributed by atoms with Crippen molar-refractivity contribution in [3.05, 3.63) is 70.3 Å². The molecule has 1 aromatic carbocycles. The van der Waals surface area contributed by atoms with Gasteiger partial charge in [0.2, 0.25) is 0 Å². The molecule has 1 saturated heterocycles. The summed E-state index contributed by atoms with van der Waals surface area (Å²) < 4.78 is 22.0. The Morgan fingerprint density at radius 3 is 2.52 bits per heavy atom. The highest BCUT2D eigenvalue weighted by atomic mass is 19.1. The number of hydrogen-bond donors (Lipinski definition) is 0. The second-order valence-electron chi connectivity index (χ2n) is 8.16. The molecule has 1 aliphatic rings. The molecule has 0 amide bonds. The van der Waals surface area contributed by atoms with E-state index in [1.54, 1.807) is 22.9 Å².